The maximum Gasteiger partial charge on any atom is 0.269 e. The number of amides is 3. The second-order valence-corrected chi connectivity index (χ2v) is 7.26. The number of carbonyl (C=O) groups excluding carboxylic acids is 3. The summed E-state index contributed by atoms with van der Waals surface area (Å²) >= 11 is 0. The predicted octanol–water partition coefficient (Wildman–Crippen LogP) is 2.84. The lowest BCUT2D eigenvalue weighted by Gasteiger charge is -2.15. The molecule has 0 radical (unpaired) electrons. The maximum absolute atomic E-state index is 12.7. The second kappa shape index (κ2) is 7.59. The highest BCUT2D eigenvalue weighted by Crippen LogP contribution is 2.29. The monoisotopic (exact) mass is 424 g/mol. The van der Waals surface area contributed by atoms with Crippen LogP contribution in [-0.2, 0) is 11.3 Å². The Morgan fingerprint density at radius 2 is 1.53 bits per heavy atom. The lowest BCUT2D eigenvalue weighted by atomic mass is 10.1. The van der Waals surface area contributed by atoms with Gasteiger partial charge in [-0.3, -0.25) is 23.7 Å². The number of anilines is 2. The highest BCUT2D eigenvalue weighted by molar-refractivity contribution is 6.34. The Balaban J connectivity index is 1.39. The molecular weight excluding hydrogens is 408 g/mol. The molecule has 8 heteroatoms. The molecule has 0 aliphatic carbocycles. The first-order valence-electron chi connectivity index (χ1n) is 9.85. The summed E-state index contributed by atoms with van der Waals surface area (Å²) in [6, 6.07) is 20.1. The number of hydrogen-bond donors (Lipinski definition) is 1. The van der Waals surface area contributed by atoms with E-state index < -0.39 is 23.3 Å². The van der Waals surface area contributed by atoms with Crippen LogP contribution in [0, 0.1) is 0 Å². The first-order valence-corrected chi connectivity index (χ1v) is 9.85. The third-order valence-electron chi connectivity index (χ3n) is 5.24. The Bertz CT molecular complexity index is 1440. The van der Waals surface area contributed by atoms with Crippen molar-refractivity contribution in [3.63, 3.8) is 0 Å². The Kier molecular flexibility index (Phi) is 4.59. The molecule has 0 unspecified atom stereocenters. The zero-order chi connectivity index (χ0) is 22.2. The van der Waals surface area contributed by atoms with Gasteiger partial charge in [0, 0.05) is 5.69 Å². The van der Waals surface area contributed by atoms with Crippen molar-refractivity contribution in [1.82, 2.24) is 9.55 Å². The van der Waals surface area contributed by atoms with Gasteiger partial charge in [-0.1, -0.05) is 30.3 Å². The van der Waals surface area contributed by atoms with E-state index in [1.54, 1.807) is 72.8 Å². The Morgan fingerprint density at radius 3 is 2.28 bits per heavy atom. The molecule has 1 aromatic heterocycles. The summed E-state index contributed by atoms with van der Waals surface area (Å²) in [4.78, 5) is 55.6. The third kappa shape index (κ3) is 3.24. The molecule has 3 amide bonds. The lowest BCUT2D eigenvalue weighted by Crippen LogP contribution is -2.30. The number of hydrogen-bond acceptors (Lipinski definition) is 5. The van der Waals surface area contributed by atoms with Crippen LogP contribution in [0.2, 0.25) is 0 Å². The smallest absolute Gasteiger partial charge is 0.269 e. The first kappa shape index (κ1) is 19.4. The van der Waals surface area contributed by atoms with Gasteiger partial charge in [-0.05, 0) is 42.5 Å². The zero-order valence-electron chi connectivity index (χ0n) is 16.7. The second-order valence-electron chi connectivity index (χ2n) is 7.26. The van der Waals surface area contributed by atoms with E-state index in [1.165, 1.54) is 10.8 Å². The SMILES string of the molecule is O=C(Cn1c(=O)cnc2ccccc21)Nc1cccc(N2C(=O)c3ccccc3C2=O)c1. The van der Waals surface area contributed by atoms with Gasteiger partial charge in [-0.25, -0.2) is 9.88 Å². The van der Waals surface area contributed by atoms with Gasteiger partial charge in [0.15, 0.2) is 0 Å². The molecule has 0 spiro atoms. The molecule has 156 valence electrons. The van der Waals surface area contributed by atoms with E-state index >= 15 is 0 Å². The fourth-order valence-corrected chi connectivity index (χ4v) is 3.77. The van der Waals surface area contributed by atoms with Crippen molar-refractivity contribution in [2.75, 3.05) is 10.2 Å². The Morgan fingerprint density at radius 1 is 0.844 bits per heavy atom. The van der Waals surface area contributed by atoms with Crippen molar-refractivity contribution in [3.8, 4) is 0 Å². The van der Waals surface area contributed by atoms with Gasteiger partial charge >= 0.3 is 0 Å². The molecular formula is C24H16N4O4. The molecule has 32 heavy (non-hydrogen) atoms. The minimum Gasteiger partial charge on any atom is -0.324 e. The molecule has 0 saturated carbocycles. The summed E-state index contributed by atoms with van der Waals surface area (Å²) in [5.41, 5.74) is 2.20. The number of rotatable bonds is 4. The molecule has 5 rings (SSSR count). The predicted molar refractivity (Wildman–Crippen MR) is 119 cm³/mol. The summed E-state index contributed by atoms with van der Waals surface area (Å²) in [6.45, 7) is -0.209. The highest BCUT2D eigenvalue weighted by atomic mass is 16.2. The molecule has 1 aliphatic heterocycles. The van der Waals surface area contributed by atoms with Gasteiger partial charge in [0.25, 0.3) is 17.4 Å². The molecule has 1 N–H and O–H groups in total. The summed E-state index contributed by atoms with van der Waals surface area (Å²) in [6.07, 6.45) is 1.18. The van der Waals surface area contributed by atoms with Gasteiger partial charge in [0.2, 0.25) is 5.91 Å². The average Bonchev–Trinajstić information content (AvgIpc) is 3.06. The van der Waals surface area contributed by atoms with E-state index in [1.807, 2.05) is 0 Å². The molecule has 8 nitrogen and oxygen atoms in total. The number of imide groups is 1. The van der Waals surface area contributed by atoms with Crippen LogP contribution in [0.25, 0.3) is 11.0 Å². The minimum absolute atomic E-state index is 0.209. The van der Waals surface area contributed by atoms with Crippen molar-refractivity contribution in [2.24, 2.45) is 0 Å². The molecule has 2 heterocycles. The van der Waals surface area contributed by atoms with Crippen molar-refractivity contribution in [3.05, 3.63) is 100 Å². The quantitative estimate of drug-likeness (QED) is 0.508. The normalized spacial score (nSPS) is 12.8. The van der Waals surface area contributed by atoms with Gasteiger partial charge in [0.1, 0.15) is 6.54 Å². The number of aromatic nitrogens is 2. The number of fused-ring (bicyclic) bond motifs is 2. The molecule has 0 bridgehead atoms. The molecule has 0 fully saturated rings. The van der Waals surface area contributed by atoms with Crippen molar-refractivity contribution < 1.29 is 14.4 Å². The van der Waals surface area contributed by atoms with E-state index in [4.69, 9.17) is 0 Å². The molecule has 4 aromatic rings. The van der Waals surface area contributed by atoms with Crippen molar-refractivity contribution in [1.29, 1.82) is 0 Å². The molecule has 0 saturated heterocycles. The van der Waals surface area contributed by atoms with E-state index in [0.29, 0.717) is 33.5 Å². The fourth-order valence-electron chi connectivity index (χ4n) is 3.77. The van der Waals surface area contributed by atoms with Gasteiger partial charge in [-0.15, -0.1) is 0 Å². The largest absolute Gasteiger partial charge is 0.324 e. The van der Waals surface area contributed by atoms with Crippen LogP contribution < -0.4 is 15.8 Å². The highest BCUT2D eigenvalue weighted by Gasteiger charge is 2.36. The van der Waals surface area contributed by atoms with Crippen LogP contribution in [-0.4, -0.2) is 27.3 Å². The average molecular weight is 424 g/mol. The van der Waals surface area contributed by atoms with Crippen LogP contribution >= 0.6 is 0 Å². The van der Waals surface area contributed by atoms with E-state index in [9.17, 15) is 19.2 Å². The van der Waals surface area contributed by atoms with Crippen molar-refractivity contribution in [2.45, 2.75) is 6.54 Å². The number of nitrogens with zero attached hydrogens (tertiary/aromatic N) is 3. The van der Waals surface area contributed by atoms with Gasteiger partial charge in [-0.2, -0.15) is 0 Å². The summed E-state index contributed by atoms with van der Waals surface area (Å²) in [5, 5.41) is 2.73. The zero-order valence-corrected chi connectivity index (χ0v) is 16.7. The Hall–Kier alpha value is -4.59. The minimum atomic E-state index is -0.428. The molecule has 1 aliphatic rings. The van der Waals surface area contributed by atoms with Crippen LogP contribution in [0.1, 0.15) is 20.7 Å². The summed E-state index contributed by atoms with van der Waals surface area (Å²) in [5.74, 6) is -1.25. The topological polar surface area (TPSA) is 101 Å². The van der Waals surface area contributed by atoms with E-state index in [0.717, 1.165) is 4.90 Å². The number of carbonyl (C=O) groups is 3. The third-order valence-corrected chi connectivity index (χ3v) is 5.24. The van der Waals surface area contributed by atoms with Crippen molar-refractivity contribution >= 4 is 40.1 Å². The molecule has 3 aromatic carbocycles. The summed E-state index contributed by atoms with van der Waals surface area (Å²) in [7, 11) is 0. The van der Waals surface area contributed by atoms with Crippen LogP contribution in [0.15, 0.2) is 83.8 Å². The van der Waals surface area contributed by atoms with E-state index in [-0.39, 0.29) is 6.54 Å². The maximum atomic E-state index is 12.7. The summed E-state index contributed by atoms with van der Waals surface area (Å²) < 4.78 is 1.34. The van der Waals surface area contributed by atoms with Crippen LogP contribution in [0.4, 0.5) is 11.4 Å². The standard InChI is InChI=1S/C24H16N4O4/c29-21(14-27-20-11-4-3-10-19(20)25-13-22(27)30)26-15-6-5-7-16(12-15)28-23(31)17-8-1-2-9-18(17)24(28)32/h1-13H,14H2,(H,26,29). The number of benzene rings is 3. The van der Waals surface area contributed by atoms with Crippen LogP contribution in [0.3, 0.4) is 0 Å². The molecule has 0 atom stereocenters. The Labute approximate surface area is 181 Å². The first-order chi connectivity index (χ1) is 15.5. The lowest BCUT2D eigenvalue weighted by molar-refractivity contribution is -0.116. The van der Waals surface area contributed by atoms with Gasteiger partial charge in [0.05, 0.1) is 34.0 Å². The fraction of sp³-hybridized carbons (Fsp3) is 0.0417. The van der Waals surface area contributed by atoms with Gasteiger partial charge < -0.3 is 5.32 Å². The number of nitrogens with one attached hydrogen (secondary N) is 1. The number of para-hydroxylation sites is 2. The van der Waals surface area contributed by atoms with Crippen LogP contribution in [0.5, 0.6) is 0 Å². The van der Waals surface area contributed by atoms with E-state index in [2.05, 4.69) is 10.3 Å².